The lowest BCUT2D eigenvalue weighted by molar-refractivity contribution is 0.252. The van der Waals surface area contributed by atoms with Gasteiger partial charge >= 0.3 is 16.2 Å². The lowest BCUT2D eigenvalue weighted by atomic mass is 10.2. The van der Waals surface area contributed by atoms with E-state index in [0.717, 1.165) is 14.7 Å². The van der Waals surface area contributed by atoms with E-state index in [1.165, 1.54) is 20.2 Å². The Morgan fingerprint density at radius 1 is 1.25 bits per heavy atom. The van der Waals surface area contributed by atoms with Gasteiger partial charge in [0.05, 0.1) is 17.1 Å². The highest BCUT2D eigenvalue weighted by Crippen LogP contribution is 2.41. The Bertz CT molecular complexity index is 662. The summed E-state index contributed by atoms with van der Waals surface area (Å²) in [6, 6.07) is 1.82. The quantitative estimate of drug-likeness (QED) is 0.858. The van der Waals surface area contributed by atoms with Gasteiger partial charge in [0.1, 0.15) is 5.82 Å². The Morgan fingerprint density at radius 2 is 1.80 bits per heavy atom. The maximum absolute atomic E-state index is 13.9. The van der Waals surface area contributed by atoms with Crippen molar-refractivity contribution in [3.8, 4) is 0 Å². The summed E-state index contributed by atoms with van der Waals surface area (Å²) in [5.74, 6) is -0.702. The molecule has 0 spiro atoms. The first-order valence-electron chi connectivity index (χ1n) is 5.90. The summed E-state index contributed by atoms with van der Waals surface area (Å²) < 4.78 is 39.8. The number of hydrogen-bond donors (Lipinski definition) is 2. The number of benzene rings is 1. The first-order valence-corrected chi connectivity index (χ1v) is 7.30. The number of fused-ring (bicyclic) bond motifs is 1. The largest absolute Gasteiger partial charge is 0.338 e. The minimum atomic E-state index is -3.66. The molecule has 0 bridgehead atoms. The van der Waals surface area contributed by atoms with Crippen LogP contribution in [-0.4, -0.2) is 35.1 Å². The first-order chi connectivity index (χ1) is 9.28. The standard InChI is InChI=1S/C11H15FN4O3S/c1-4-13-11(17)14-8-6-10-9(5-7(8)12)15(2)20(18,19)16(10)3/h5-6H,4H2,1-3H3,(H2,13,14,17). The molecule has 0 fully saturated rings. The van der Waals surface area contributed by atoms with E-state index >= 15 is 0 Å². The van der Waals surface area contributed by atoms with Crippen molar-refractivity contribution in [2.24, 2.45) is 0 Å². The fourth-order valence-electron chi connectivity index (χ4n) is 1.91. The van der Waals surface area contributed by atoms with Crippen molar-refractivity contribution in [2.75, 3.05) is 34.6 Å². The molecule has 0 aliphatic carbocycles. The van der Waals surface area contributed by atoms with Crippen LogP contribution in [0.2, 0.25) is 0 Å². The average Bonchev–Trinajstić information content (AvgIpc) is 2.53. The van der Waals surface area contributed by atoms with Crippen molar-refractivity contribution in [1.82, 2.24) is 5.32 Å². The molecule has 7 nitrogen and oxygen atoms in total. The van der Waals surface area contributed by atoms with Gasteiger partial charge in [0, 0.05) is 26.7 Å². The molecule has 9 heteroatoms. The highest BCUT2D eigenvalue weighted by atomic mass is 32.2. The van der Waals surface area contributed by atoms with E-state index in [1.807, 2.05) is 0 Å². The van der Waals surface area contributed by atoms with Gasteiger partial charge in [0.15, 0.2) is 0 Å². The van der Waals surface area contributed by atoms with E-state index < -0.39 is 22.1 Å². The van der Waals surface area contributed by atoms with Crippen LogP contribution < -0.4 is 19.2 Å². The first kappa shape index (κ1) is 14.4. The molecule has 0 unspecified atom stereocenters. The zero-order chi connectivity index (χ0) is 15.1. The Labute approximate surface area is 116 Å². The molecule has 110 valence electrons. The van der Waals surface area contributed by atoms with Crippen LogP contribution in [0.1, 0.15) is 6.92 Å². The van der Waals surface area contributed by atoms with Crippen molar-refractivity contribution < 1.29 is 17.6 Å². The molecule has 1 aromatic rings. The van der Waals surface area contributed by atoms with Crippen molar-refractivity contribution in [3.63, 3.8) is 0 Å². The van der Waals surface area contributed by atoms with Crippen molar-refractivity contribution in [2.45, 2.75) is 6.92 Å². The molecular weight excluding hydrogens is 287 g/mol. The Morgan fingerprint density at radius 3 is 2.35 bits per heavy atom. The highest BCUT2D eigenvalue weighted by Gasteiger charge is 2.36. The third-order valence-electron chi connectivity index (χ3n) is 3.02. The third-order valence-corrected chi connectivity index (χ3v) is 4.80. The smallest absolute Gasteiger partial charge is 0.326 e. The summed E-state index contributed by atoms with van der Waals surface area (Å²) in [6.07, 6.45) is 0. The number of nitrogens with one attached hydrogen (secondary N) is 2. The number of rotatable bonds is 2. The molecule has 0 radical (unpaired) electrons. The molecule has 0 saturated carbocycles. The van der Waals surface area contributed by atoms with Crippen LogP contribution in [0.25, 0.3) is 0 Å². The number of halogens is 1. The van der Waals surface area contributed by atoms with Gasteiger partial charge in [0.25, 0.3) is 0 Å². The Hall–Kier alpha value is -2.03. The Kier molecular flexibility index (Phi) is 3.46. The van der Waals surface area contributed by atoms with Crippen molar-refractivity contribution in [1.29, 1.82) is 0 Å². The zero-order valence-electron chi connectivity index (χ0n) is 11.3. The van der Waals surface area contributed by atoms with E-state index in [0.29, 0.717) is 12.2 Å². The summed E-state index contributed by atoms with van der Waals surface area (Å²) >= 11 is 0. The number of nitrogens with zero attached hydrogens (tertiary/aromatic N) is 2. The van der Waals surface area contributed by atoms with Crippen LogP contribution in [-0.2, 0) is 10.2 Å². The predicted octanol–water partition coefficient (Wildman–Crippen LogP) is 1.10. The molecule has 1 aromatic carbocycles. The topological polar surface area (TPSA) is 81.8 Å². The van der Waals surface area contributed by atoms with Crippen LogP contribution in [0.3, 0.4) is 0 Å². The second kappa shape index (κ2) is 4.82. The monoisotopic (exact) mass is 302 g/mol. The van der Waals surface area contributed by atoms with Gasteiger partial charge in [-0.05, 0) is 13.0 Å². The van der Waals surface area contributed by atoms with Gasteiger partial charge in [0.2, 0.25) is 0 Å². The summed E-state index contributed by atoms with van der Waals surface area (Å²) in [7, 11) is -0.956. The van der Waals surface area contributed by atoms with Crippen molar-refractivity contribution >= 4 is 33.3 Å². The molecule has 2 amide bonds. The summed E-state index contributed by atoms with van der Waals surface area (Å²) in [4.78, 5) is 11.4. The second-order valence-electron chi connectivity index (χ2n) is 4.25. The maximum atomic E-state index is 13.9. The second-order valence-corrected chi connectivity index (χ2v) is 6.24. The SMILES string of the molecule is CCNC(=O)Nc1cc2c(cc1F)N(C)S(=O)(=O)N2C. The van der Waals surface area contributed by atoms with E-state index in [9.17, 15) is 17.6 Å². The summed E-state index contributed by atoms with van der Waals surface area (Å²) in [6.45, 7) is 2.13. The van der Waals surface area contributed by atoms with Crippen molar-refractivity contribution in [3.05, 3.63) is 17.9 Å². The minimum absolute atomic E-state index is 0.0768. The van der Waals surface area contributed by atoms with Crippen LogP contribution in [0.15, 0.2) is 12.1 Å². The number of urea groups is 1. The molecule has 0 atom stereocenters. The van der Waals surface area contributed by atoms with Gasteiger partial charge < -0.3 is 10.6 Å². The number of carbonyl (C=O) groups excluding carboxylic acids is 1. The van der Waals surface area contributed by atoms with Gasteiger partial charge in [-0.25, -0.2) is 9.18 Å². The zero-order valence-corrected chi connectivity index (χ0v) is 12.1. The maximum Gasteiger partial charge on any atom is 0.326 e. The lowest BCUT2D eigenvalue weighted by Gasteiger charge is -2.13. The predicted molar refractivity (Wildman–Crippen MR) is 74.8 cm³/mol. The molecule has 1 aliphatic rings. The fourth-order valence-corrected chi connectivity index (χ4v) is 3.07. The molecule has 2 N–H and O–H groups in total. The average molecular weight is 302 g/mol. The molecule has 1 heterocycles. The lowest BCUT2D eigenvalue weighted by Crippen LogP contribution is -2.32. The summed E-state index contributed by atoms with van der Waals surface area (Å²) in [5.41, 5.74) is 0.458. The number of amides is 2. The van der Waals surface area contributed by atoms with Gasteiger partial charge in [-0.2, -0.15) is 8.42 Å². The minimum Gasteiger partial charge on any atom is -0.338 e. The van der Waals surface area contributed by atoms with Crippen LogP contribution >= 0.6 is 0 Å². The van der Waals surface area contributed by atoms with Crippen LogP contribution in [0.4, 0.5) is 26.2 Å². The van der Waals surface area contributed by atoms with Crippen LogP contribution in [0, 0.1) is 5.82 Å². The normalized spacial score (nSPS) is 16.0. The highest BCUT2D eigenvalue weighted by molar-refractivity contribution is 7.94. The van der Waals surface area contributed by atoms with Crippen LogP contribution in [0.5, 0.6) is 0 Å². The van der Waals surface area contributed by atoms with E-state index in [2.05, 4.69) is 10.6 Å². The molecule has 0 saturated heterocycles. The molecule has 2 rings (SSSR count). The molecular formula is C11H15FN4O3S. The van der Waals surface area contributed by atoms with Gasteiger partial charge in [-0.15, -0.1) is 0 Å². The van der Waals surface area contributed by atoms with E-state index in [1.54, 1.807) is 6.92 Å². The molecule has 20 heavy (non-hydrogen) atoms. The fraction of sp³-hybridized carbons (Fsp3) is 0.364. The summed E-state index contributed by atoms with van der Waals surface area (Å²) in [5, 5.41) is 4.80. The van der Waals surface area contributed by atoms with E-state index in [-0.39, 0.29) is 11.4 Å². The van der Waals surface area contributed by atoms with Gasteiger partial charge in [-0.1, -0.05) is 0 Å². The van der Waals surface area contributed by atoms with E-state index in [4.69, 9.17) is 0 Å². The molecule has 1 aliphatic heterocycles. The Balaban J connectivity index is 2.43. The van der Waals surface area contributed by atoms with Gasteiger partial charge in [-0.3, -0.25) is 8.61 Å². The number of hydrogen-bond acceptors (Lipinski definition) is 3. The third kappa shape index (κ3) is 2.13. The molecule has 0 aromatic heterocycles. The number of carbonyl (C=O) groups is 1. The number of anilines is 3.